The summed E-state index contributed by atoms with van der Waals surface area (Å²) in [5, 5.41) is 12.1. The Morgan fingerprint density at radius 3 is 2.58 bits per heavy atom. The van der Waals surface area contributed by atoms with E-state index < -0.39 is 0 Å². The van der Waals surface area contributed by atoms with Crippen LogP contribution in [-0.4, -0.2) is 12.0 Å². The van der Waals surface area contributed by atoms with Crippen molar-refractivity contribution in [3.8, 4) is 17.7 Å². The molecule has 4 heteroatoms. The Labute approximate surface area is 112 Å². The molecule has 1 aromatic heterocycles. The fourth-order valence-electron chi connectivity index (χ4n) is 1.69. The zero-order valence-electron chi connectivity index (χ0n) is 11.0. The summed E-state index contributed by atoms with van der Waals surface area (Å²) in [7, 11) is 1.90. The smallest absolute Gasteiger partial charge is 0.237 e. The van der Waals surface area contributed by atoms with Crippen LogP contribution < -0.4 is 10.1 Å². The van der Waals surface area contributed by atoms with Gasteiger partial charge in [-0.05, 0) is 43.8 Å². The Bertz CT molecular complexity index is 600. The Morgan fingerprint density at radius 2 is 1.95 bits per heavy atom. The molecule has 19 heavy (non-hydrogen) atoms. The molecule has 2 aromatic rings. The second kappa shape index (κ2) is 5.98. The molecule has 2 rings (SSSR count). The van der Waals surface area contributed by atoms with Gasteiger partial charge >= 0.3 is 0 Å². The van der Waals surface area contributed by atoms with Crippen LogP contribution in [0.1, 0.15) is 16.8 Å². The van der Waals surface area contributed by atoms with Crippen molar-refractivity contribution in [3.05, 3.63) is 53.2 Å². The highest BCUT2D eigenvalue weighted by Crippen LogP contribution is 2.23. The zero-order valence-corrected chi connectivity index (χ0v) is 11.0. The molecule has 0 aliphatic rings. The zero-order chi connectivity index (χ0) is 13.7. The molecule has 0 bridgehead atoms. The SMILES string of the molecule is CNCc1ccc(Oc2nc(C)ccc2C#N)cc1. The third-order valence-corrected chi connectivity index (χ3v) is 2.64. The third kappa shape index (κ3) is 3.30. The van der Waals surface area contributed by atoms with Gasteiger partial charge in [0.1, 0.15) is 17.4 Å². The molecule has 4 nitrogen and oxygen atoms in total. The first-order chi connectivity index (χ1) is 9.22. The summed E-state index contributed by atoms with van der Waals surface area (Å²) < 4.78 is 5.66. The lowest BCUT2D eigenvalue weighted by Gasteiger charge is -2.08. The van der Waals surface area contributed by atoms with Gasteiger partial charge < -0.3 is 10.1 Å². The van der Waals surface area contributed by atoms with E-state index >= 15 is 0 Å². The number of aromatic nitrogens is 1. The van der Waals surface area contributed by atoms with Crippen LogP contribution in [0.3, 0.4) is 0 Å². The normalized spacial score (nSPS) is 9.95. The molecule has 0 atom stereocenters. The molecule has 0 radical (unpaired) electrons. The number of hydrogen-bond acceptors (Lipinski definition) is 4. The van der Waals surface area contributed by atoms with E-state index in [0.717, 1.165) is 12.2 Å². The van der Waals surface area contributed by atoms with Gasteiger partial charge in [0.05, 0.1) is 0 Å². The second-order valence-electron chi connectivity index (χ2n) is 4.19. The summed E-state index contributed by atoms with van der Waals surface area (Å²) in [6.07, 6.45) is 0. The topological polar surface area (TPSA) is 57.9 Å². The first-order valence-corrected chi connectivity index (χ1v) is 6.02. The summed E-state index contributed by atoms with van der Waals surface area (Å²) in [6.45, 7) is 2.68. The number of nitriles is 1. The van der Waals surface area contributed by atoms with Gasteiger partial charge in [0.2, 0.25) is 5.88 Å². The Hall–Kier alpha value is -2.38. The van der Waals surface area contributed by atoms with Gasteiger partial charge in [-0.3, -0.25) is 0 Å². The van der Waals surface area contributed by atoms with Crippen LogP contribution in [0.2, 0.25) is 0 Å². The summed E-state index contributed by atoms with van der Waals surface area (Å²) >= 11 is 0. The van der Waals surface area contributed by atoms with Crippen LogP contribution in [0.4, 0.5) is 0 Å². The van der Waals surface area contributed by atoms with Gasteiger partial charge in [-0.2, -0.15) is 5.26 Å². The highest BCUT2D eigenvalue weighted by atomic mass is 16.5. The van der Waals surface area contributed by atoms with Crippen molar-refractivity contribution >= 4 is 0 Å². The molecule has 0 aliphatic heterocycles. The monoisotopic (exact) mass is 253 g/mol. The molecule has 1 heterocycles. The average molecular weight is 253 g/mol. The van der Waals surface area contributed by atoms with Gasteiger partial charge in [0.25, 0.3) is 0 Å². The van der Waals surface area contributed by atoms with Crippen molar-refractivity contribution in [1.29, 1.82) is 5.26 Å². The molecule has 1 aromatic carbocycles. The number of pyridine rings is 1. The predicted octanol–water partition coefficient (Wildman–Crippen LogP) is 2.77. The number of aryl methyl sites for hydroxylation is 1. The number of rotatable bonds is 4. The van der Waals surface area contributed by atoms with Crippen molar-refractivity contribution in [1.82, 2.24) is 10.3 Å². The maximum absolute atomic E-state index is 9.02. The van der Waals surface area contributed by atoms with E-state index in [2.05, 4.69) is 16.4 Å². The fraction of sp³-hybridized carbons (Fsp3) is 0.200. The van der Waals surface area contributed by atoms with E-state index in [1.54, 1.807) is 12.1 Å². The second-order valence-corrected chi connectivity index (χ2v) is 4.19. The first-order valence-electron chi connectivity index (χ1n) is 6.02. The molecular weight excluding hydrogens is 238 g/mol. The summed E-state index contributed by atoms with van der Waals surface area (Å²) in [4.78, 5) is 4.24. The summed E-state index contributed by atoms with van der Waals surface area (Å²) in [6, 6.07) is 13.3. The lowest BCUT2D eigenvalue weighted by molar-refractivity contribution is 0.459. The molecule has 1 N–H and O–H groups in total. The maximum atomic E-state index is 9.02. The van der Waals surface area contributed by atoms with Crippen LogP contribution in [0.25, 0.3) is 0 Å². The number of hydrogen-bond donors (Lipinski definition) is 1. The number of benzene rings is 1. The number of nitrogens with zero attached hydrogens (tertiary/aromatic N) is 2. The molecule has 0 fully saturated rings. The largest absolute Gasteiger partial charge is 0.438 e. The number of nitrogens with one attached hydrogen (secondary N) is 1. The van der Waals surface area contributed by atoms with Crippen LogP contribution in [0.5, 0.6) is 11.6 Å². The van der Waals surface area contributed by atoms with Crippen LogP contribution in [0.15, 0.2) is 36.4 Å². The molecule has 0 aliphatic carbocycles. The Morgan fingerprint density at radius 1 is 1.21 bits per heavy atom. The lowest BCUT2D eigenvalue weighted by Crippen LogP contribution is -2.04. The van der Waals surface area contributed by atoms with Gasteiger partial charge in [-0.25, -0.2) is 4.98 Å². The van der Waals surface area contributed by atoms with Crippen molar-refractivity contribution < 1.29 is 4.74 Å². The Kier molecular flexibility index (Phi) is 4.11. The average Bonchev–Trinajstić information content (AvgIpc) is 2.42. The van der Waals surface area contributed by atoms with Gasteiger partial charge in [-0.15, -0.1) is 0 Å². The van der Waals surface area contributed by atoms with Crippen LogP contribution >= 0.6 is 0 Å². The molecule has 0 unspecified atom stereocenters. The minimum absolute atomic E-state index is 0.351. The summed E-state index contributed by atoms with van der Waals surface area (Å²) in [5.74, 6) is 1.03. The quantitative estimate of drug-likeness (QED) is 0.910. The van der Waals surface area contributed by atoms with E-state index in [1.807, 2.05) is 38.2 Å². The standard InChI is InChI=1S/C15H15N3O/c1-11-3-6-13(9-16)15(18-11)19-14-7-4-12(5-8-14)10-17-2/h3-8,17H,10H2,1-2H3. The highest BCUT2D eigenvalue weighted by Gasteiger charge is 2.06. The predicted molar refractivity (Wildman–Crippen MR) is 73.0 cm³/mol. The maximum Gasteiger partial charge on any atom is 0.237 e. The molecule has 0 spiro atoms. The fourth-order valence-corrected chi connectivity index (χ4v) is 1.69. The van der Waals surface area contributed by atoms with E-state index in [1.165, 1.54) is 5.56 Å². The summed E-state index contributed by atoms with van der Waals surface area (Å²) in [5.41, 5.74) is 2.43. The van der Waals surface area contributed by atoms with Gasteiger partial charge in [0, 0.05) is 12.2 Å². The van der Waals surface area contributed by atoms with Crippen molar-refractivity contribution in [2.75, 3.05) is 7.05 Å². The van der Waals surface area contributed by atoms with Gasteiger partial charge in [-0.1, -0.05) is 12.1 Å². The van der Waals surface area contributed by atoms with E-state index in [0.29, 0.717) is 17.2 Å². The van der Waals surface area contributed by atoms with Crippen LogP contribution in [-0.2, 0) is 6.54 Å². The lowest BCUT2D eigenvalue weighted by atomic mass is 10.2. The van der Waals surface area contributed by atoms with Crippen molar-refractivity contribution in [2.45, 2.75) is 13.5 Å². The molecule has 0 saturated carbocycles. The molecule has 0 amide bonds. The minimum Gasteiger partial charge on any atom is -0.438 e. The highest BCUT2D eigenvalue weighted by molar-refractivity contribution is 5.41. The van der Waals surface area contributed by atoms with Crippen molar-refractivity contribution in [3.63, 3.8) is 0 Å². The van der Waals surface area contributed by atoms with Crippen molar-refractivity contribution in [2.24, 2.45) is 0 Å². The Balaban J connectivity index is 2.21. The molecule has 96 valence electrons. The van der Waals surface area contributed by atoms with Gasteiger partial charge in [0.15, 0.2) is 0 Å². The number of ether oxygens (including phenoxy) is 1. The van der Waals surface area contributed by atoms with Crippen LogP contribution in [0, 0.1) is 18.3 Å². The van der Waals surface area contributed by atoms with E-state index in [-0.39, 0.29) is 0 Å². The van der Waals surface area contributed by atoms with E-state index in [4.69, 9.17) is 10.00 Å². The first kappa shape index (κ1) is 13.1. The van der Waals surface area contributed by atoms with E-state index in [9.17, 15) is 0 Å². The third-order valence-electron chi connectivity index (χ3n) is 2.64. The molecule has 0 saturated heterocycles. The minimum atomic E-state index is 0.351. The molecular formula is C15H15N3O.